The molecule has 0 aliphatic heterocycles. The van der Waals surface area contributed by atoms with Gasteiger partial charge in [-0.2, -0.15) is 0 Å². The predicted molar refractivity (Wildman–Crippen MR) is 343 cm³/mol. The fourth-order valence-corrected chi connectivity index (χ4v) is 12.3. The minimum absolute atomic E-state index is 0.899. The van der Waals surface area contributed by atoms with Gasteiger partial charge in [-0.3, -0.25) is 0 Å². The predicted octanol–water partition coefficient (Wildman–Crippen LogP) is 24.2. The van der Waals surface area contributed by atoms with Crippen LogP contribution in [-0.2, 0) is 77.0 Å². The van der Waals surface area contributed by atoms with E-state index in [9.17, 15) is 0 Å². The van der Waals surface area contributed by atoms with Crippen molar-refractivity contribution in [1.29, 1.82) is 0 Å². The molecule has 9 rings (SSSR count). The quantitative estimate of drug-likeness (QED) is 0.131. The van der Waals surface area contributed by atoms with E-state index in [1.54, 1.807) is 89.0 Å². The first-order valence-electron chi connectivity index (χ1n) is 33.2. The Hall–Kier alpha value is -3.12. The Morgan fingerprint density at radius 2 is 0.554 bits per heavy atom. The maximum absolute atomic E-state index is 2.53. The van der Waals surface area contributed by atoms with Crippen molar-refractivity contribution < 1.29 is 0 Å². The monoisotopic (exact) mass is 1010 g/mol. The summed E-state index contributed by atoms with van der Waals surface area (Å²) in [5, 5.41) is 0. The lowest BCUT2D eigenvalue weighted by Gasteiger charge is -2.28. The molecule has 4 aromatic carbocycles. The zero-order valence-corrected chi connectivity index (χ0v) is 53.4. The van der Waals surface area contributed by atoms with Crippen molar-refractivity contribution in [2.45, 2.75) is 324 Å². The van der Waals surface area contributed by atoms with E-state index in [4.69, 9.17) is 0 Å². The van der Waals surface area contributed by atoms with Crippen LogP contribution in [0.25, 0.3) is 22.3 Å². The summed E-state index contributed by atoms with van der Waals surface area (Å²) >= 11 is 0. The van der Waals surface area contributed by atoms with Crippen LogP contribution in [0.2, 0.25) is 0 Å². The zero-order chi connectivity index (χ0) is 55.7. The van der Waals surface area contributed by atoms with Crippen molar-refractivity contribution in [2.75, 3.05) is 0 Å². The molecule has 0 fully saturated rings. The Morgan fingerprint density at radius 3 is 0.851 bits per heavy atom. The van der Waals surface area contributed by atoms with E-state index in [1.807, 2.05) is 111 Å². The molecule has 5 aliphatic carbocycles. The molecular weight excluding hydrogens is 889 g/mol. The molecule has 0 heteroatoms. The summed E-state index contributed by atoms with van der Waals surface area (Å²) in [5.41, 5.74) is 27.0. The van der Waals surface area contributed by atoms with E-state index in [0.717, 1.165) is 5.92 Å². The first kappa shape index (κ1) is 70.9. The molecule has 0 spiro atoms. The number of fused-ring (bicyclic) bond motifs is 9. The van der Waals surface area contributed by atoms with Crippen LogP contribution in [0.5, 0.6) is 0 Å². The normalized spacial score (nSPS) is 14.4. The summed E-state index contributed by atoms with van der Waals surface area (Å²) in [7, 11) is 0. The largest absolute Gasteiger partial charge is 0.0683 e. The van der Waals surface area contributed by atoms with Crippen LogP contribution in [-0.4, -0.2) is 0 Å². The summed E-state index contributed by atoms with van der Waals surface area (Å²) in [6, 6.07) is 20.1. The topological polar surface area (TPSA) is 0 Å². The van der Waals surface area contributed by atoms with Crippen LogP contribution in [0.3, 0.4) is 0 Å². The second-order valence-corrected chi connectivity index (χ2v) is 19.4. The molecule has 0 heterocycles. The van der Waals surface area contributed by atoms with E-state index in [2.05, 4.69) is 69.3 Å². The Kier molecular flexibility index (Phi) is 43.1. The number of hydrogen-bond donors (Lipinski definition) is 0. The van der Waals surface area contributed by atoms with Crippen molar-refractivity contribution >= 4 is 0 Å². The van der Waals surface area contributed by atoms with Crippen LogP contribution in [0.4, 0.5) is 0 Å². The molecule has 422 valence electrons. The van der Waals surface area contributed by atoms with Crippen molar-refractivity contribution in [3.8, 4) is 22.3 Å². The molecule has 0 nitrogen and oxygen atoms in total. The highest BCUT2D eigenvalue weighted by Crippen LogP contribution is 2.45. The van der Waals surface area contributed by atoms with Gasteiger partial charge in [-0.05, 0) is 249 Å². The van der Waals surface area contributed by atoms with Crippen molar-refractivity contribution in [1.82, 2.24) is 0 Å². The molecular formula is C74H126. The zero-order valence-electron chi connectivity index (χ0n) is 53.4. The van der Waals surface area contributed by atoms with E-state index in [0.29, 0.717) is 0 Å². The fraction of sp³-hybridized carbons (Fsp3) is 0.676. The summed E-state index contributed by atoms with van der Waals surface area (Å²) < 4.78 is 0. The standard InChI is InChI=1S/C30H42.C28H36.8C2H6/c1-3-5-7-15-25-21-19-23-13-9-11-17-27(23)29(25)30-26(16-8-6-4-2)22-20-24-14-10-12-18-28(24)30;1-2-7-20-12-14-23-18-16-21-8-3-5-10-25(21)27(23)28-24(15-13-20)19-17-22-9-4-6-11-26(22)28;8*1-2/h19-22H,3-18H2,1-2H3;16-20H,2-15H2,1H3;8*1-2H3. The number of aryl methyl sites for hydroxylation is 8. The lowest BCUT2D eigenvalue weighted by molar-refractivity contribution is 0.417. The van der Waals surface area contributed by atoms with E-state index in [-0.39, 0.29) is 0 Å². The third-order valence-electron chi connectivity index (χ3n) is 15.4. The smallest absolute Gasteiger partial charge is 0.0111 e. The SMILES string of the molecule is CC.CC.CC.CC.CC.CC.CC.CC.CCCC1CCc2ccc3c(c2-c2c(ccc4c2CCCC4)CC1)CCCC3.CCCCCc1ccc2c(c1-c1c(CCCCC)ccc3c1CCCC3)CCCC2. The van der Waals surface area contributed by atoms with Gasteiger partial charge in [0.15, 0.2) is 0 Å². The van der Waals surface area contributed by atoms with Gasteiger partial charge in [0, 0.05) is 0 Å². The van der Waals surface area contributed by atoms with Crippen LogP contribution in [0, 0.1) is 5.92 Å². The minimum Gasteiger partial charge on any atom is -0.0683 e. The average Bonchev–Trinajstić information content (AvgIpc) is 3.57. The second-order valence-electron chi connectivity index (χ2n) is 19.4. The lowest BCUT2D eigenvalue weighted by atomic mass is 9.76. The number of benzene rings is 4. The number of unbranched alkanes of at least 4 members (excludes halogenated alkanes) is 4. The van der Waals surface area contributed by atoms with Gasteiger partial charge in [0.05, 0.1) is 0 Å². The van der Waals surface area contributed by atoms with Crippen LogP contribution >= 0.6 is 0 Å². The first-order valence-corrected chi connectivity index (χ1v) is 33.2. The third kappa shape index (κ3) is 20.7. The molecule has 4 aromatic rings. The first-order chi connectivity index (χ1) is 36.7. The van der Waals surface area contributed by atoms with Gasteiger partial charge in [0.2, 0.25) is 0 Å². The van der Waals surface area contributed by atoms with E-state index in [1.165, 1.54) is 193 Å². The molecule has 0 saturated carbocycles. The molecule has 0 amide bonds. The van der Waals surface area contributed by atoms with Crippen LogP contribution in [0.1, 0.15) is 314 Å². The van der Waals surface area contributed by atoms with Crippen LogP contribution < -0.4 is 0 Å². The van der Waals surface area contributed by atoms with Gasteiger partial charge in [-0.15, -0.1) is 0 Å². The highest BCUT2D eigenvalue weighted by molar-refractivity contribution is 5.81. The van der Waals surface area contributed by atoms with Gasteiger partial charge < -0.3 is 0 Å². The Balaban J connectivity index is 0.00000114. The van der Waals surface area contributed by atoms with Gasteiger partial charge in [0.1, 0.15) is 0 Å². The molecule has 74 heavy (non-hydrogen) atoms. The molecule has 0 bridgehead atoms. The highest BCUT2D eigenvalue weighted by atomic mass is 14.3. The van der Waals surface area contributed by atoms with Crippen molar-refractivity contribution in [2.24, 2.45) is 5.92 Å². The second kappa shape index (κ2) is 45.0. The van der Waals surface area contributed by atoms with E-state index < -0.39 is 0 Å². The maximum Gasteiger partial charge on any atom is -0.0111 e. The minimum atomic E-state index is 0.899. The Morgan fingerprint density at radius 1 is 0.284 bits per heavy atom. The summed E-state index contributed by atoms with van der Waals surface area (Å²) in [6.45, 7) is 39.0. The average molecular weight is 1020 g/mol. The molecule has 0 atom stereocenters. The maximum atomic E-state index is 2.53. The molecule has 0 aromatic heterocycles. The summed E-state index contributed by atoms with van der Waals surface area (Å²) in [5.74, 6) is 0.899. The van der Waals surface area contributed by atoms with Crippen LogP contribution in [0.15, 0.2) is 48.5 Å². The van der Waals surface area contributed by atoms with Gasteiger partial charge >= 0.3 is 0 Å². The summed E-state index contributed by atoms with van der Waals surface area (Å²) in [6.07, 6.45) is 40.0. The van der Waals surface area contributed by atoms with Gasteiger partial charge in [-0.1, -0.05) is 219 Å². The lowest BCUT2D eigenvalue weighted by Crippen LogP contribution is -2.12. The molecule has 0 unspecified atom stereocenters. The van der Waals surface area contributed by atoms with E-state index >= 15 is 0 Å². The van der Waals surface area contributed by atoms with Crippen molar-refractivity contribution in [3.05, 3.63) is 115 Å². The molecule has 0 N–H and O–H groups in total. The number of rotatable bonds is 11. The Bertz CT molecular complexity index is 1850. The highest BCUT2D eigenvalue weighted by Gasteiger charge is 2.27. The molecule has 0 saturated heterocycles. The third-order valence-corrected chi connectivity index (χ3v) is 15.4. The van der Waals surface area contributed by atoms with Gasteiger partial charge in [-0.25, -0.2) is 0 Å². The summed E-state index contributed by atoms with van der Waals surface area (Å²) in [4.78, 5) is 0. The van der Waals surface area contributed by atoms with Gasteiger partial charge in [0.25, 0.3) is 0 Å². The molecule has 0 radical (unpaired) electrons. The number of hydrogen-bond acceptors (Lipinski definition) is 0. The fourth-order valence-electron chi connectivity index (χ4n) is 12.3. The van der Waals surface area contributed by atoms with Crippen molar-refractivity contribution in [3.63, 3.8) is 0 Å². The Labute approximate surface area is 465 Å². The molecule has 5 aliphatic rings.